The Hall–Kier alpha value is -1.73. The van der Waals surface area contributed by atoms with E-state index >= 15 is 0 Å². The molecule has 0 bridgehead atoms. The first-order valence-electron chi connectivity index (χ1n) is 6.08. The minimum atomic E-state index is -0.183. The molecule has 1 fully saturated rings. The summed E-state index contributed by atoms with van der Waals surface area (Å²) in [5.41, 5.74) is 6.87. The van der Waals surface area contributed by atoms with Crippen molar-refractivity contribution in [1.82, 2.24) is 19.9 Å². The van der Waals surface area contributed by atoms with Gasteiger partial charge in [0.25, 0.3) is 0 Å². The average Bonchev–Trinajstić information content (AvgIpc) is 2.97. The topological polar surface area (TPSA) is 110 Å². The number of imidazole rings is 1. The Kier molecular flexibility index (Phi) is 3.08. The van der Waals surface area contributed by atoms with Crippen LogP contribution in [0.5, 0.6) is 0 Å². The highest BCUT2D eigenvalue weighted by atomic mass is 35.5. The highest BCUT2D eigenvalue weighted by Gasteiger charge is 2.30. The predicted octanol–water partition coefficient (Wildman–Crippen LogP) is 1.07. The van der Waals surface area contributed by atoms with Gasteiger partial charge in [0.2, 0.25) is 11.9 Å². The van der Waals surface area contributed by atoms with E-state index in [0.29, 0.717) is 11.2 Å². The molecule has 2 aromatic rings. The smallest absolute Gasteiger partial charge is 0.233 e. The molecule has 0 radical (unpaired) electrons. The van der Waals surface area contributed by atoms with E-state index in [0.717, 1.165) is 19.3 Å². The standard InChI is InChI=1S/C11H13ClN6O/c12-8-7-9(15-4-14-7)17-11(16-8)18-10(19)5-2-1-3-6(5)13/h4-6H,1-3,13H2,(H2,14,15,16,17,18,19). The lowest BCUT2D eigenvalue weighted by molar-refractivity contribution is -0.120. The van der Waals surface area contributed by atoms with Crippen LogP contribution in [0.15, 0.2) is 6.33 Å². The van der Waals surface area contributed by atoms with Crippen LogP contribution < -0.4 is 11.1 Å². The number of nitrogens with one attached hydrogen (secondary N) is 2. The molecule has 0 aliphatic heterocycles. The minimum Gasteiger partial charge on any atom is -0.341 e. The molecule has 0 saturated heterocycles. The molecule has 1 amide bonds. The number of hydrogen-bond donors (Lipinski definition) is 3. The SMILES string of the molecule is NC1CCCC1C(=O)Nc1nc(Cl)c2[nH]cnc2n1. The van der Waals surface area contributed by atoms with E-state index in [1.807, 2.05) is 0 Å². The first kappa shape index (κ1) is 12.3. The lowest BCUT2D eigenvalue weighted by Gasteiger charge is -2.14. The van der Waals surface area contributed by atoms with Crippen molar-refractivity contribution in [2.24, 2.45) is 11.7 Å². The van der Waals surface area contributed by atoms with Gasteiger partial charge in [-0.1, -0.05) is 18.0 Å². The summed E-state index contributed by atoms with van der Waals surface area (Å²) in [5.74, 6) is -0.179. The van der Waals surface area contributed by atoms with Gasteiger partial charge >= 0.3 is 0 Å². The predicted molar refractivity (Wildman–Crippen MR) is 70.6 cm³/mol. The summed E-state index contributed by atoms with van der Waals surface area (Å²) in [6.45, 7) is 0. The van der Waals surface area contributed by atoms with E-state index in [1.54, 1.807) is 0 Å². The summed E-state index contributed by atoms with van der Waals surface area (Å²) in [5, 5.41) is 2.89. The van der Waals surface area contributed by atoms with Gasteiger partial charge in [-0.05, 0) is 12.8 Å². The van der Waals surface area contributed by atoms with Crippen LogP contribution in [-0.4, -0.2) is 31.9 Å². The van der Waals surface area contributed by atoms with Crippen molar-refractivity contribution < 1.29 is 4.79 Å². The summed E-state index contributed by atoms with van der Waals surface area (Å²) >= 11 is 5.98. The average molecular weight is 281 g/mol. The largest absolute Gasteiger partial charge is 0.341 e. The number of carbonyl (C=O) groups excluding carboxylic acids is 1. The van der Waals surface area contributed by atoms with E-state index in [9.17, 15) is 4.79 Å². The van der Waals surface area contributed by atoms with Crippen LogP contribution in [0.25, 0.3) is 11.2 Å². The van der Waals surface area contributed by atoms with Crippen molar-refractivity contribution in [3.05, 3.63) is 11.5 Å². The molecule has 0 spiro atoms. The zero-order valence-electron chi connectivity index (χ0n) is 10.1. The Bertz CT molecular complexity index is 627. The molecule has 7 nitrogen and oxygen atoms in total. The molecule has 1 aliphatic rings. The number of halogens is 1. The van der Waals surface area contributed by atoms with Crippen molar-refractivity contribution in [2.45, 2.75) is 25.3 Å². The third-order valence-electron chi connectivity index (χ3n) is 3.38. The molecule has 2 aromatic heterocycles. The van der Waals surface area contributed by atoms with E-state index in [4.69, 9.17) is 17.3 Å². The Morgan fingerprint density at radius 2 is 2.32 bits per heavy atom. The number of carbonyl (C=O) groups is 1. The molecule has 3 rings (SSSR count). The Morgan fingerprint density at radius 3 is 3.05 bits per heavy atom. The third-order valence-corrected chi connectivity index (χ3v) is 3.66. The van der Waals surface area contributed by atoms with Crippen molar-refractivity contribution in [2.75, 3.05) is 5.32 Å². The number of rotatable bonds is 2. The maximum Gasteiger partial charge on any atom is 0.233 e. The Labute approximate surface area is 114 Å². The number of hydrogen-bond acceptors (Lipinski definition) is 5. The quantitative estimate of drug-likeness (QED) is 0.713. The van der Waals surface area contributed by atoms with Gasteiger partial charge in [-0.2, -0.15) is 9.97 Å². The van der Waals surface area contributed by atoms with Crippen LogP contribution in [0.1, 0.15) is 19.3 Å². The van der Waals surface area contributed by atoms with Crippen LogP contribution in [0.3, 0.4) is 0 Å². The zero-order chi connectivity index (χ0) is 13.4. The molecule has 19 heavy (non-hydrogen) atoms. The number of H-pyrrole nitrogens is 1. The molecule has 2 unspecified atom stereocenters. The molecule has 4 N–H and O–H groups in total. The fourth-order valence-corrected chi connectivity index (χ4v) is 2.59. The van der Waals surface area contributed by atoms with Crippen LogP contribution in [0.2, 0.25) is 5.15 Å². The molecular formula is C11H13ClN6O. The number of fused-ring (bicyclic) bond motifs is 1. The molecule has 1 aliphatic carbocycles. The lowest BCUT2D eigenvalue weighted by atomic mass is 10.0. The molecule has 2 atom stereocenters. The molecule has 8 heteroatoms. The normalized spacial score (nSPS) is 22.8. The first-order chi connectivity index (χ1) is 9.15. The maximum atomic E-state index is 12.1. The van der Waals surface area contributed by atoms with Crippen molar-refractivity contribution in [3.63, 3.8) is 0 Å². The van der Waals surface area contributed by atoms with Crippen LogP contribution in [0.4, 0.5) is 5.95 Å². The number of amides is 1. The van der Waals surface area contributed by atoms with E-state index in [2.05, 4.69) is 25.3 Å². The molecular weight excluding hydrogens is 268 g/mol. The number of anilines is 1. The molecule has 0 aromatic carbocycles. The van der Waals surface area contributed by atoms with E-state index < -0.39 is 0 Å². The number of nitrogens with zero attached hydrogens (tertiary/aromatic N) is 3. The van der Waals surface area contributed by atoms with Gasteiger partial charge in [0.15, 0.2) is 10.8 Å². The van der Waals surface area contributed by atoms with Gasteiger partial charge in [-0.25, -0.2) is 4.98 Å². The van der Waals surface area contributed by atoms with Gasteiger partial charge < -0.3 is 10.7 Å². The molecule has 2 heterocycles. The second-order valence-electron chi connectivity index (χ2n) is 4.63. The highest BCUT2D eigenvalue weighted by molar-refractivity contribution is 6.33. The second-order valence-corrected chi connectivity index (χ2v) is 4.99. The van der Waals surface area contributed by atoms with Crippen molar-refractivity contribution >= 4 is 34.6 Å². The van der Waals surface area contributed by atoms with Crippen LogP contribution in [-0.2, 0) is 4.79 Å². The van der Waals surface area contributed by atoms with Crippen molar-refractivity contribution in [3.8, 4) is 0 Å². The van der Waals surface area contributed by atoms with Gasteiger partial charge in [-0.15, -0.1) is 0 Å². The monoisotopic (exact) mass is 280 g/mol. The van der Waals surface area contributed by atoms with Gasteiger partial charge in [0.05, 0.1) is 12.2 Å². The van der Waals surface area contributed by atoms with Crippen LogP contribution >= 0.6 is 11.6 Å². The maximum absolute atomic E-state index is 12.1. The summed E-state index contributed by atoms with van der Waals surface area (Å²) in [6.07, 6.45) is 4.12. The second kappa shape index (κ2) is 4.75. The highest BCUT2D eigenvalue weighted by Crippen LogP contribution is 2.25. The summed E-state index contributed by atoms with van der Waals surface area (Å²) < 4.78 is 0. The van der Waals surface area contributed by atoms with Gasteiger partial charge in [-0.3, -0.25) is 10.1 Å². The van der Waals surface area contributed by atoms with Crippen molar-refractivity contribution in [1.29, 1.82) is 0 Å². The molecule has 1 saturated carbocycles. The lowest BCUT2D eigenvalue weighted by Crippen LogP contribution is -2.34. The zero-order valence-corrected chi connectivity index (χ0v) is 10.8. The summed E-state index contributed by atoms with van der Waals surface area (Å²) in [6, 6.07) is -0.0930. The van der Waals surface area contributed by atoms with Crippen LogP contribution in [0, 0.1) is 5.92 Å². The first-order valence-corrected chi connectivity index (χ1v) is 6.46. The minimum absolute atomic E-state index is 0.0930. The number of aromatic amines is 1. The number of nitrogens with two attached hydrogens (primary N) is 1. The third kappa shape index (κ3) is 2.26. The fourth-order valence-electron chi connectivity index (χ4n) is 2.37. The Balaban J connectivity index is 1.83. The summed E-state index contributed by atoms with van der Waals surface area (Å²) in [7, 11) is 0. The fraction of sp³-hybridized carbons (Fsp3) is 0.455. The van der Waals surface area contributed by atoms with E-state index in [1.165, 1.54) is 6.33 Å². The summed E-state index contributed by atoms with van der Waals surface area (Å²) in [4.78, 5) is 27.0. The van der Waals surface area contributed by atoms with E-state index in [-0.39, 0.29) is 29.0 Å². The molecule has 100 valence electrons. The Morgan fingerprint density at radius 1 is 1.47 bits per heavy atom. The number of aromatic nitrogens is 4. The van der Waals surface area contributed by atoms with Gasteiger partial charge in [0.1, 0.15) is 5.52 Å². The van der Waals surface area contributed by atoms with Gasteiger partial charge in [0, 0.05) is 6.04 Å².